The average Bonchev–Trinajstić information content (AvgIpc) is 2.65. The highest BCUT2D eigenvalue weighted by molar-refractivity contribution is 6.17. The number of nitrogens with one attached hydrogen (secondary N) is 1. The summed E-state index contributed by atoms with van der Waals surface area (Å²) in [5.74, 6) is -1.01. The maximum atomic E-state index is 15.0. The number of nitrogens with zero attached hydrogens (tertiary/aromatic N) is 1. The Kier molecular flexibility index (Phi) is 5.87. The van der Waals surface area contributed by atoms with Crippen LogP contribution in [0.15, 0.2) is 48.8 Å². The van der Waals surface area contributed by atoms with Crippen molar-refractivity contribution in [2.75, 3.05) is 0 Å². The second kappa shape index (κ2) is 8.22. The third kappa shape index (κ3) is 4.64. The van der Waals surface area contributed by atoms with E-state index in [2.05, 4.69) is 10.3 Å². The Balaban J connectivity index is 1.91. The van der Waals surface area contributed by atoms with Crippen molar-refractivity contribution in [3.8, 4) is 0 Å². The number of benzene rings is 2. The van der Waals surface area contributed by atoms with E-state index in [9.17, 15) is 9.59 Å². The van der Waals surface area contributed by atoms with Crippen molar-refractivity contribution >= 4 is 22.6 Å². The first kappa shape index (κ1) is 21.4. The largest absolute Gasteiger partial charge is 0.444 e. The lowest BCUT2D eigenvalue weighted by Crippen LogP contribution is -2.34. The SMILES string of the molecule is Cc1cc(C(C)NC(=O)OC(C)(C)C)cc(F)c1C(=O)c1cccc2cnccc12. The number of ether oxygens (including phenoxy) is 1. The second-order valence-corrected chi connectivity index (χ2v) is 8.29. The van der Waals surface area contributed by atoms with Crippen LogP contribution >= 0.6 is 0 Å². The van der Waals surface area contributed by atoms with Crippen LogP contribution in [0.2, 0.25) is 0 Å². The van der Waals surface area contributed by atoms with Crippen LogP contribution in [0.5, 0.6) is 0 Å². The molecule has 0 aliphatic heterocycles. The van der Waals surface area contributed by atoms with Gasteiger partial charge in [0.15, 0.2) is 5.78 Å². The highest BCUT2D eigenvalue weighted by atomic mass is 19.1. The predicted octanol–water partition coefficient (Wildman–Crippen LogP) is 5.50. The zero-order chi connectivity index (χ0) is 22.1. The van der Waals surface area contributed by atoms with Crippen LogP contribution in [-0.2, 0) is 4.74 Å². The van der Waals surface area contributed by atoms with Gasteiger partial charge in [-0.25, -0.2) is 9.18 Å². The molecule has 6 heteroatoms. The number of hydrogen-bond donors (Lipinski definition) is 1. The minimum absolute atomic E-state index is 0.0209. The van der Waals surface area contributed by atoms with Crippen LogP contribution in [0.1, 0.15) is 60.8 Å². The van der Waals surface area contributed by atoms with Crippen molar-refractivity contribution in [3.63, 3.8) is 0 Å². The van der Waals surface area contributed by atoms with Gasteiger partial charge in [-0.05, 0) is 63.3 Å². The summed E-state index contributed by atoms with van der Waals surface area (Å²) >= 11 is 0. The summed E-state index contributed by atoms with van der Waals surface area (Å²) in [7, 11) is 0. The molecule has 1 aromatic heterocycles. The molecule has 0 aliphatic carbocycles. The van der Waals surface area contributed by atoms with Gasteiger partial charge in [0.2, 0.25) is 0 Å². The summed E-state index contributed by atoms with van der Waals surface area (Å²) in [5.41, 5.74) is 0.861. The number of carbonyl (C=O) groups is 2. The van der Waals surface area contributed by atoms with E-state index in [1.807, 2.05) is 6.07 Å². The average molecular weight is 408 g/mol. The van der Waals surface area contributed by atoms with Crippen molar-refractivity contribution in [3.05, 3.63) is 76.9 Å². The fourth-order valence-corrected chi connectivity index (χ4v) is 3.33. The number of alkyl carbamates (subject to hydrolysis) is 1. The van der Waals surface area contributed by atoms with E-state index in [1.165, 1.54) is 6.07 Å². The molecule has 0 fully saturated rings. The molecule has 2 aromatic carbocycles. The molecular weight excluding hydrogens is 383 g/mol. The van der Waals surface area contributed by atoms with Crippen LogP contribution in [0.25, 0.3) is 10.8 Å². The van der Waals surface area contributed by atoms with Crippen molar-refractivity contribution in [2.24, 2.45) is 0 Å². The van der Waals surface area contributed by atoms with Gasteiger partial charge in [0.1, 0.15) is 11.4 Å². The van der Waals surface area contributed by atoms with E-state index in [-0.39, 0.29) is 11.3 Å². The number of pyridine rings is 1. The standard InChI is InChI=1S/C24H25FN2O3/c1-14-11-17(15(2)27-23(29)30-24(3,4)5)12-20(25)21(14)22(28)19-8-6-7-16-13-26-10-9-18(16)19/h6-13,15H,1-5H3,(H,27,29). The molecule has 3 rings (SSSR count). The Hall–Kier alpha value is -3.28. The molecule has 0 bridgehead atoms. The first-order chi connectivity index (χ1) is 14.1. The van der Waals surface area contributed by atoms with E-state index >= 15 is 4.39 Å². The van der Waals surface area contributed by atoms with Gasteiger partial charge in [-0.2, -0.15) is 0 Å². The third-order valence-electron chi connectivity index (χ3n) is 4.70. The number of ketones is 1. The first-order valence-corrected chi connectivity index (χ1v) is 9.74. The lowest BCUT2D eigenvalue weighted by atomic mass is 9.93. The molecule has 0 aliphatic rings. The van der Waals surface area contributed by atoms with Crippen molar-refractivity contribution in [1.29, 1.82) is 0 Å². The predicted molar refractivity (Wildman–Crippen MR) is 114 cm³/mol. The van der Waals surface area contributed by atoms with E-state index in [0.29, 0.717) is 16.7 Å². The summed E-state index contributed by atoms with van der Waals surface area (Å²) in [5, 5.41) is 4.23. The number of aromatic nitrogens is 1. The van der Waals surface area contributed by atoms with Crippen molar-refractivity contribution < 1.29 is 18.7 Å². The van der Waals surface area contributed by atoms with Gasteiger partial charge in [-0.15, -0.1) is 0 Å². The Morgan fingerprint density at radius 3 is 2.57 bits per heavy atom. The van der Waals surface area contributed by atoms with Gasteiger partial charge in [-0.3, -0.25) is 9.78 Å². The number of aryl methyl sites for hydroxylation is 1. The van der Waals surface area contributed by atoms with Gasteiger partial charge >= 0.3 is 6.09 Å². The Morgan fingerprint density at radius 1 is 1.17 bits per heavy atom. The number of amides is 1. The fourth-order valence-electron chi connectivity index (χ4n) is 3.33. The number of rotatable bonds is 4. The van der Waals surface area contributed by atoms with Gasteiger partial charge in [0, 0.05) is 23.3 Å². The zero-order valence-electron chi connectivity index (χ0n) is 17.7. The molecule has 1 unspecified atom stereocenters. The third-order valence-corrected chi connectivity index (χ3v) is 4.70. The zero-order valence-corrected chi connectivity index (χ0v) is 17.7. The summed E-state index contributed by atoms with van der Waals surface area (Å²) in [4.78, 5) is 29.2. The molecular formula is C24H25FN2O3. The monoisotopic (exact) mass is 408 g/mol. The molecule has 1 heterocycles. The van der Waals surface area contributed by atoms with E-state index in [4.69, 9.17) is 4.74 Å². The van der Waals surface area contributed by atoms with Crippen LogP contribution in [-0.4, -0.2) is 22.5 Å². The van der Waals surface area contributed by atoms with Gasteiger partial charge in [-0.1, -0.05) is 24.3 Å². The quantitative estimate of drug-likeness (QED) is 0.579. The lowest BCUT2D eigenvalue weighted by molar-refractivity contribution is 0.0507. The van der Waals surface area contributed by atoms with Crippen LogP contribution in [0, 0.1) is 12.7 Å². The number of carbonyl (C=O) groups excluding carboxylic acids is 2. The molecule has 156 valence electrons. The normalized spacial score (nSPS) is 12.5. The summed E-state index contributed by atoms with van der Waals surface area (Å²) < 4.78 is 20.3. The summed E-state index contributed by atoms with van der Waals surface area (Å²) in [6.45, 7) is 8.73. The second-order valence-electron chi connectivity index (χ2n) is 8.29. The van der Waals surface area contributed by atoms with E-state index in [0.717, 1.165) is 10.8 Å². The topological polar surface area (TPSA) is 68.3 Å². The minimum atomic E-state index is -0.630. The summed E-state index contributed by atoms with van der Waals surface area (Å²) in [6, 6.07) is 9.56. The number of halogens is 1. The Morgan fingerprint density at radius 2 is 1.90 bits per heavy atom. The Bertz CT molecular complexity index is 1090. The molecule has 0 saturated carbocycles. The first-order valence-electron chi connectivity index (χ1n) is 9.74. The number of fused-ring (bicyclic) bond motifs is 1. The molecule has 0 spiro atoms. The van der Waals surface area contributed by atoms with E-state index < -0.39 is 23.6 Å². The molecule has 3 aromatic rings. The van der Waals surface area contributed by atoms with Crippen LogP contribution in [0.4, 0.5) is 9.18 Å². The minimum Gasteiger partial charge on any atom is -0.444 e. The summed E-state index contributed by atoms with van der Waals surface area (Å²) in [6.07, 6.45) is 2.69. The van der Waals surface area contributed by atoms with Gasteiger partial charge in [0.25, 0.3) is 0 Å². The highest BCUT2D eigenvalue weighted by Gasteiger charge is 2.23. The molecule has 1 N–H and O–H groups in total. The van der Waals surface area contributed by atoms with Crippen molar-refractivity contribution in [2.45, 2.75) is 46.3 Å². The molecule has 0 radical (unpaired) electrons. The van der Waals surface area contributed by atoms with Crippen LogP contribution in [0.3, 0.4) is 0 Å². The van der Waals surface area contributed by atoms with Crippen molar-refractivity contribution in [1.82, 2.24) is 10.3 Å². The Labute approximate surface area is 175 Å². The maximum absolute atomic E-state index is 15.0. The molecule has 5 nitrogen and oxygen atoms in total. The van der Waals surface area contributed by atoms with Gasteiger partial charge < -0.3 is 10.1 Å². The molecule has 1 amide bonds. The lowest BCUT2D eigenvalue weighted by Gasteiger charge is -2.22. The van der Waals surface area contributed by atoms with Gasteiger partial charge in [0.05, 0.1) is 11.6 Å². The highest BCUT2D eigenvalue weighted by Crippen LogP contribution is 2.26. The van der Waals surface area contributed by atoms with E-state index in [1.54, 1.807) is 71.3 Å². The smallest absolute Gasteiger partial charge is 0.408 e. The molecule has 1 atom stereocenters. The molecule has 30 heavy (non-hydrogen) atoms. The number of hydrogen-bond acceptors (Lipinski definition) is 4. The molecule has 0 saturated heterocycles. The maximum Gasteiger partial charge on any atom is 0.408 e. The van der Waals surface area contributed by atoms with Crippen LogP contribution < -0.4 is 5.32 Å². The fraction of sp³-hybridized carbons (Fsp3) is 0.292.